The lowest BCUT2D eigenvalue weighted by molar-refractivity contribution is -0.118. The van der Waals surface area contributed by atoms with E-state index in [1.165, 1.54) is 0 Å². The molecule has 0 aliphatic carbocycles. The van der Waals surface area contributed by atoms with Gasteiger partial charge in [-0.05, 0) is 18.1 Å². The molecule has 0 radical (unpaired) electrons. The van der Waals surface area contributed by atoms with E-state index in [9.17, 15) is 4.79 Å². The van der Waals surface area contributed by atoms with E-state index in [0.717, 1.165) is 16.8 Å². The summed E-state index contributed by atoms with van der Waals surface area (Å²) in [6.07, 6.45) is 0.510. The summed E-state index contributed by atoms with van der Waals surface area (Å²) in [7, 11) is 0. The number of allylic oxidation sites excluding steroid dienone is 1. The third kappa shape index (κ3) is 1.47. The lowest BCUT2D eigenvalue weighted by Gasteiger charge is -2.00. The topological polar surface area (TPSA) is 29.1 Å². The lowest BCUT2D eigenvalue weighted by Crippen LogP contribution is -2.12. The average Bonchev–Trinajstić information content (AvgIpc) is 2.47. The van der Waals surface area contributed by atoms with Gasteiger partial charge in [-0.1, -0.05) is 30.3 Å². The highest BCUT2D eigenvalue weighted by Gasteiger charge is 2.18. The van der Waals surface area contributed by atoms with Gasteiger partial charge in [0, 0.05) is 5.70 Å². The number of hydrogen-bond acceptors (Lipinski definition) is 1. The molecule has 1 aromatic rings. The predicted molar refractivity (Wildman–Crippen MR) is 51.8 cm³/mol. The number of amides is 1. The fourth-order valence-corrected chi connectivity index (χ4v) is 1.58. The van der Waals surface area contributed by atoms with Crippen molar-refractivity contribution < 1.29 is 4.79 Å². The highest BCUT2D eigenvalue weighted by molar-refractivity contribution is 5.96. The molecule has 0 saturated carbocycles. The van der Waals surface area contributed by atoms with Crippen molar-refractivity contribution in [3.8, 4) is 0 Å². The Balaban J connectivity index is 2.38. The van der Waals surface area contributed by atoms with Gasteiger partial charge in [0.1, 0.15) is 0 Å². The van der Waals surface area contributed by atoms with Crippen LogP contribution in [-0.4, -0.2) is 5.91 Å². The largest absolute Gasteiger partial charge is 0.329 e. The van der Waals surface area contributed by atoms with Gasteiger partial charge in [0.2, 0.25) is 5.91 Å². The van der Waals surface area contributed by atoms with Crippen LogP contribution in [-0.2, 0) is 4.79 Å². The zero-order valence-corrected chi connectivity index (χ0v) is 7.50. The first-order valence-corrected chi connectivity index (χ1v) is 4.32. The maximum Gasteiger partial charge on any atom is 0.228 e. The van der Waals surface area contributed by atoms with Gasteiger partial charge in [0.25, 0.3) is 0 Å². The summed E-state index contributed by atoms with van der Waals surface area (Å²) in [6, 6.07) is 10.00. The minimum atomic E-state index is 0.0938. The molecule has 0 bridgehead atoms. The molecule has 2 rings (SSSR count). The molecule has 1 aliphatic heterocycles. The number of carbonyl (C=O) groups excluding carboxylic acids is 1. The Bertz CT molecular complexity index is 365. The van der Waals surface area contributed by atoms with Gasteiger partial charge in [-0.25, -0.2) is 0 Å². The molecule has 0 aromatic heterocycles. The molecule has 0 saturated heterocycles. The lowest BCUT2D eigenvalue weighted by atomic mass is 10.0. The second-order valence-corrected chi connectivity index (χ2v) is 3.19. The molecule has 0 spiro atoms. The molecule has 13 heavy (non-hydrogen) atoms. The Morgan fingerprint density at radius 2 is 1.92 bits per heavy atom. The van der Waals surface area contributed by atoms with Crippen LogP contribution in [0.2, 0.25) is 0 Å². The maximum atomic E-state index is 11.1. The minimum absolute atomic E-state index is 0.0938. The van der Waals surface area contributed by atoms with E-state index in [4.69, 9.17) is 0 Å². The molecule has 2 heteroatoms. The second-order valence-electron chi connectivity index (χ2n) is 3.19. The monoisotopic (exact) mass is 173 g/mol. The van der Waals surface area contributed by atoms with Crippen LogP contribution in [0.1, 0.15) is 18.9 Å². The van der Waals surface area contributed by atoms with Crippen molar-refractivity contribution in [2.45, 2.75) is 13.3 Å². The highest BCUT2D eigenvalue weighted by Crippen LogP contribution is 2.24. The van der Waals surface area contributed by atoms with E-state index in [1.807, 2.05) is 37.3 Å². The Morgan fingerprint density at radius 1 is 1.23 bits per heavy atom. The van der Waals surface area contributed by atoms with Crippen molar-refractivity contribution in [1.29, 1.82) is 0 Å². The molecule has 2 nitrogen and oxygen atoms in total. The molecule has 1 amide bonds. The quantitative estimate of drug-likeness (QED) is 0.690. The van der Waals surface area contributed by atoms with Crippen LogP contribution in [0.25, 0.3) is 5.57 Å². The van der Waals surface area contributed by atoms with E-state index < -0.39 is 0 Å². The zero-order valence-electron chi connectivity index (χ0n) is 7.50. The summed E-state index contributed by atoms with van der Waals surface area (Å²) >= 11 is 0. The fourth-order valence-electron chi connectivity index (χ4n) is 1.58. The van der Waals surface area contributed by atoms with Gasteiger partial charge in [-0.15, -0.1) is 0 Å². The van der Waals surface area contributed by atoms with Crippen LogP contribution in [0, 0.1) is 0 Å². The van der Waals surface area contributed by atoms with Gasteiger partial charge >= 0.3 is 0 Å². The Hall–Kier alpha value is -1.57. The van der Waals surface area contributed by atoms with Crippen molar-refractivity contribution in [2.24, 2.45) is 0 Å². The minimum Gasteiger partial charge on any atom is -0.329 e. The van der Waals surface area contributed by atoms with Crippen molar-refractivity contribution in [3.05, 3.63) is 41.6 Å². The molecule has 1 aromatic carbocycles. The van der Waals surface area contributed by atoms with E-state index in [0.29, 0.717) is 6.42 Å². The van der Waals surface area contributed by atoms with Crippen LogP contribution in [0.5, 0.6) is 0 Å². The van der Waals surface area contributed by atoms with Crippen LogP contribution in [0.3, 0.4) is 0 Å². The van der Waals surface area contributed by atoms with E-state index in [1.54, 1.807) is 0 Å². The summed E-state index contributed by atoms with van der Waals surface area (Å²) in [4.78, 5) is 11.1. The van der Waals surface area contributed by atoms with Crippen LogP contribution in [0.15, 0.2) is 36.0 Å². The number of hydrogen-bond donors (Lipinski definition) is 1. The van der Waals surface area contributed by atoms with E-state index in [2.05, 4.69) is 5.32 Å². The maximum absolute atomic E-state index is 11.1. The zero-order chi connectivity index (χ0) is 9.26. The summed E-state index contributed by atoms with van der Waals surface area (Å²) in [6.45, 7) is 1.94. The van der Waals surface area contributed by atoms with Gasteiger partial charge < -0.3 is 5.32 Å². The van der Waals surface area contributed by atoms with Crippen molar-refractivity contribution >= 4 is 11.5 Å². The molecule has 66 valence electrons. The summed E-state index contributed by atoms with van der Waals surface area (Å²) in [5.74, 6) is 0.0938. The molecule has 1 N–H and O–H groups in total. The van der Waals surface area contributed by atoms with E-state index in [-0.39, 0.29) is 5.91 Å². The van der Waals surface area contributed by atoms with Crippen molar-refractivity contribution in [1.82, 2.24) is 5.32 Å². The van der Waals surface area contributed by atoms with Gasteiger partial charge in [-0.2, -0.15) is 0 Å². The van der Waals surface area contributed by atoms with Gasteiger partial charge in [0.05, 0.1) is 6.42 Å². The molecule has 0 fully saturated rings. The van der Waals surface area contributed by atoms with E-state index >= 15 is 0 Å². The Kier molecular flexibility index (Phi) is 1.89. The van der Waals surface area contributed by atoms with Crippen LogP contribution in [0.4, 0.5) is 0 Å². The van der Waals surface area contributed by atoms with Crippen molar-refractivity contribution in [2.75, 3.05) is 0 Å². The first kappa shape index (κ1) is 8.05. The molecular formula is C11H11NO. The first-order valence-electron chi connectivity index (χ1n) is 4.32. The summed E-state index contributed by atoms with van der Waals surface area (Å²) < 4.78 is 0. The number of carbonyl (C=O) groups is 1. The molecular weight excluding hydrogens is 162 g/mol. The average molecular weight is 173 g/mol. The third-order valence-corrected chi connectivity index (χ3v) is 2.24. The number of rotatable bonds is 1. The molecule has 0 unspecified atom stereocenters. The Morgan fingerprint density at radius 3 is 2.46 bits per heavy atom. The number of benzene rings is 1. The first-order chi connectivity index (χ1) is 6.27. The van der Waals surface area contributed by atoms with Gasteiger partial charge in [-0.3, -0.25) is 4.79 Å². The normalized spacial score (nSPS) is 16.2. The van der Waals surface area contributed by atoms with Crippen LogP contribution < -0.4 is 5.32 Å². The summed E-state index contributed by atoms with van der Waals surface area (Å²) in [5, 5.41) is 2.81. The van der Waals surface area contributed by atoms with Crippen molar-refractivity contribution in [3.63, 3.8) is 0 Å². The molecule has 1 aliphatic rings. The summed E-state index contributed by atoms with van der Waals surface area (Å²) in [5.41, 5.74) is 3.24. The second kappa shape index (κ2) is 3.05. The molecule has 1 heterocycles. The van der Waals surface area contributed by atoms with Crippen LogP contribution >= 0.6 is 0 Å². The fraction of sp³-hybridized carbons (Fsp3) is 0.182. The predicted octanol–water partition coefficient (Wildman–Crippen LogP) is 1.94. The van der Waals surface area contributed by atoms with Gasteiger partial charge in [0.15, 0.2) is 0 Å². The molecule has 0 atom stereocenters. The SMILES string of the molecule is CC1=C(c2ccccc2)CC(=O)N1. The highest BCUT2D eigenvalue weighted by atomic mass is 16.1. The third-order valence-electron chi connectivity index (χ3n) is 2.24. The Labute approximate surface area is 77.3 Å². The standard InChI is InChI=1S/C11H11NO/c1-8-10(7-11(13)12-8)9-5-3-2-4-6-9/h2-6H,7H2,1H3,(H,12,13). The number of nitrogens with one attached hydrogen (secondary N) is 1. The smallest absolute Gasteiger partial charge is 0.228 e.